The Kier molecular flexibility index (Phi) is 5.67. The van der Waals surface area contributed by atoms with E-state index in [-0.39, 0.29) is 18.3 Å². The molecule has 0 saturated heterocycles. The van der Waals surface area contributed by atoms with Crippen molar-refractivity contribution in [1.82, 2.24) is 19.7 Å². The average molecular weight is 348 g/mol. The molecule has 0 bridgehead atoms. The molecular formula is C15H18ClN7O. The number of hydrogen-bond donors (Lipinski definition) is 3. The van der Waals surface area contributed by atoms with Crippen LogP contribution in [0.3, 0.4) is 0 Å². The number of anilines is 2. The molecule has 0 saturated carbocycles. The number of nitrogen functional groups attached to an aromatic ring is 1. The average Bonchev–Trinajstić information content (AvgIpc) is 2.99. The van der Waals surface area contributed by atoms with Crippen molar-refractivity contribution in [3.63, 3.8) is 0 Å². The number of hydrazine groups is 1. The highest BCUT2D eigenvalue weighted by Gasteiger charge is 2.11. The van der Waals surface area contributed by atoms with Crippen LogP contribution in [0.4, 0.5) is 11.5 Å². The number of hydrogen-bond acceptors (Lipinski definition) is 6. The maximum atomic E-state index is 11.7. The summed E-state index contributed by atoms with van der Waals surface area (Å²) in [5.74, 6) is 5.95. The van der Waals surface area contributed by atoms with E-state index in [0.717, 1.165) is 23.2 Å². The van der Waals surface area contributed by atoms with E-state index in [1.165, 1.54) is 6.33 Å². The van der Waals surface area contributed by atoms with Gasteiger partial charge in [-0.3, -0.25) is 4.79 Å². The molecule has 2 heterocycles. The van der Waals surface area contributed by atoms with Crippen molar-refractivity contribution in [2.45, 2.75) is 19.8 Å². The van der Waals surface area contributed by atoms with E-state index >= 15 is 0 Å². The molecule has 8 nitrogen and oxygen atoms in total. The van der Waals surface area contributed by atoms with Crippen molar-refractivity contribution >= 4 is 40.9 Å². The second-order valence-corrected chi connectivity index (χ2v) is 5.01. The van der Waals surface area contributed by atoms with Crippen LogP contribution in [-0.2, 0) is 4.79 Å². The predicted octanol–water partition coefficient (Wildman–Crippen LogP) is 2.26. The second-order valence-electron chi connectivity index (χ2n) is 5.01. The standard InChI is InChI=1S/C15H17N7O.ClH/c1-2-4-13(23)20-10-5-3-6-11(7-10)22-15-12(8-19-22)14(21-16)17-9-18-15;/h3,5-9H,2,4,16H2,1H3,(H,20,23)(H,17,18,21);1H. The third-order valence-corrected chi connectivity index (χ3v) is 3.35. The molecule has 9 heteroatoms. The molecule has 0 aliphatic heterocycles. The first-order chi connectivity index (χ1) is 11.2. The number of benzene rings is 1. The Morgan fingerprint density at radius 2 is 2.17 bits per heavy atom. The van der Waals surface area contributed by atoms with Gasteiger partial charge in [0.25, 0.3) is 0 Å². The van der Waals surface area contributed by atoms with Gasteiger partial charge in [0.1, 0.15) is 6.33 Å². The number of fused-ring (bicyclic) bond motifs is 1. The van der Waals surface area contributed by atoms with Crippen molar-refractivity contribution < 1.29 is 4.79 Å². The third-order valence-electron chi connectivity index (χ3n) is 3.35. The van der Waals surface area contributed by atoms with Crippen LogP contribution in [0.15, 0.2) is 36.8 Å². The van der Waals surface area contributed by atoms with Crippen molar-refractivity contribution in [3.8, 4) is 5.69 Å². The molecule has 1 amide bonds. The number of nitrogens with zero attached hydrogens (tertiary/aromatic N) is 4. The van der Waals surface area contributed by atoms with Crippen LogP contribution in [0.1, 0.15) is 19.8 Å². The predicted molar refractivity (Wildman–Crippen MR) is 95.3 cm³/mol. The van der Waals surface area contributed by atoms with Crippen molar-refractivity contribution in [2.75, 3.05) is 10.7 Å². The van der Waals surface area contributed by atoms with E-state index in [1.807, 2.05) is 31.2 Å². The van der Waals surface area contributed by atoms with Crippen LogP contribution in [0, 0.1) is 0 Å². The minimum absolute atomic E-state index is 0. The number of nitrogens with two attached hydrogens (primary N) is 1. The zero-order valence-corrected chi connectivity index (χ0v) is 13.9. The summed E-state index contributed by atoms with van der Waals surface area (Å²) < 4.78 is 1.67. The lowest BCUT2D eigenvalue weighted by molar-refractivity contribution is -0.116. The molecular weight excluding hydrogens is 330 g/mol. The summed E-state index contributed by atoms with van der Waals surface area (Å²) in [6.07, 6.45) is 4.37. The summed E-state index contributed by atoms with van der Waals surface area (Å²) in [5, 5.41) is 7.93. The number of aromatic nitrogens is 4. The lowest BCUT2D eigenvalue weighted by Gasteiger charge is -2.08. The second kappa shape index (κ2) is 7.71. The molecule has 3 rings (SSSR count). The molecule has 0 aliphatic carbocycles. The number of carbonyl (C=O) groups is 1. The number of amides is 1. The smallest absolute Gasteiger partial charge is 0.224 e. The first-order valence-corrected chi connectivity index (χ1v) is 7.28. The highest BCUT2D eigenvalue weighted by Crippen LogP contribution is 2.22. The fraction of sp³-hybridized carbons (Fsp3) is 0.200. The zero-order valence-electron chi connectivity index (χ0n) is 13.1. The van der Waals surface area contributed by atoms with Gasteiger partial charge in [-0.2, -0.15) is 5.10 Å². The van der Waals surface area contributed by atoms with Crippen LogP contribution in [-0.4, -0.2) is 25.7 Å². The normalized spacial score (nSPS) is 10.2. The molecule has 4 N–H and O–H groups in total. The molecule has 0 unspecified atom stereocenters. The lowest BCUT2D eigenvalue weighted by Crippen LogP contribution is -2.11. The highest BCUT2D eigenvalue weighted by molar-refractivity contribution is 5.91. The molecule has 0 radical (unpaired) electrons. The summed E-state index contributed by atoms with van der Waals surface area (Å²) in [6, 6.07) is 7.43. The molecule has 0 atom stereocenters. The minimum atomic E-state index is -0.00748. The van der Waals surface area contributed by atoms with E-state index in [1.54, 1.807) is 10.9 Å². The summed E-state index contributed by atoms with van der Waals surface area (Å²) in [5.41, 5.74) is 4.66. The Hall–Kier alpha value is -2.71. The Bertz CT molecular complexity index is 849. The fourth-order valence-corrected chi connectivity index (χ4v) is 2.31. The van der Waals surface area contributed by atoms with Crippen LogP contribution < -0.4 is 16.6 Å². The summed E-state index contributed by atoms with van der Waals surface area (Å²) in [7, 11) is 0. The van der Waals surface area contributed by atoms with Gasteiger partial charge in [0.2, 0.25) is 5.91 Å². The Morgan fingerprint density at radius 1 is 1.33 bits per heavy atom. The summed E-state index contributed by atoms with van der Waals surface area (Å²) >= 11 is 0. The largest absolute Gasteiger partial charge is 0.326 e. The van der Waals surface area contributed by atoms with Gasteiger partial charge in [-0.1, -0.05) is 13.0 Å². The molecule has 0 fully saturated rings. The first-order valence-electron chi connectivity index (χ1n) is 7.28. The van der Waals surface area contributed by atoms with Gasteiger partial charge < -0.3 is 10.7 Å². The quantitative estimate of drug-likeness (QED) is 0.482. The van der Waals surface area contributed by atoms with E-state index in [0.29, 0.717) is 17.9 Å². The topological polar surface area (TPSA) is 111 Å². The number of nitrogens with one attached hydrogen (secondary N) is 2. The maximum absolute atomic E-state index is 11.7. The lowest BCUT2D eigenvalue weighted by atomic mass is 10.2. The van der Waals surface area contributed by atoms with Crippen LogP contribution in [0.25, 0.3) is 16.7 Å². The molecule has 0 spiro atoms. The van der Waals surface area contributed by atoms with Crippen molar-refractivity contribution in [2.24, 2.45) is 5.84 Å². The Labute approximate surface area is 144 Å². The number of halogens is 1. The molecule has 24 heavy (non-hydrogen) atoms. The van der Waals surface area contributed by atoms with Crippen LogP contribution >= 0.6 is 12.4 Å². The van der Waals surface area contributed by atoms with Gasteiger partial charge >= 0.3 is 0 Å². The van der Waals surface area contributed by atoms with E-state index in [4.69, 9.17) is 5.84 Å². The zero-order chi connectivity index (χ0) is 16.2. The van der Waals surface area contributed by atoms with Gasteiger partial charge in [-0.25, -0.2) is 20.5 Å². The number of rotatable bonds is 5. The monoisotopic (exact) mass is 347 g/mol. The Morgan fingerprint density at radius 3 is 2.92 bits per heavy atom. The van der Waals surface area contributed by atoms with E-state index in [9.17, 15) is 4.79 Å². The number of carbonyl (C=O) groups excluding carboxylic acids is 1. The SMILES string of the molecule is CCCC(=O)Nc1cccc(-n2ncc3c(NN)ncnc32)c1.Cl. The molecule has 126 valence electrons. The molecule has 1 aromatic carbocycles. The first kappa shape index (κ1) is 17.6. The molecule has 2 aromatic heterocycles. The molecule has 0 aliphatic rings. The minimum Gasteiger partial charge on any atom is -0.326 e. The van der Waals surface area contributed by atoms with Gasteiger partial charge in [-0.15, -0.1) is 12.4 Å². The van der Waals surface area contributed by atoms with Crippen LogP contribution in [0.2, 0.25) is 0 Å². The van der Waals surface area contributed by atoms with Gasteiger partial charge in [-0.05, 0) is 24.6 Å². The summed E-state index contributed by atoms with van der Waals surface area (Å²) in [6.45, 7) is 1.97. The molecule has 3 aromatic rings. The highest BCUT2D eigenvalue weighted by atomic mass is 35.5. The van der Waals surface area contributed by atoms with Crippen LogP contribution in [0.5, 0.6) is 0 Å². The van der Waals surface area contributed by atoms with Crippen molar-refractivity contribution in [3.05, 3.63) is 36.8 Å². The van der Waals surface area contributed by atoms with Gasteiger partial charge in [0.15, 0.2) is 11.5 Å². The van der Waals surface area contributed by atoms with E-state index < -0.39 is 0 Å². The van der Waals surface area contributed by atoms with Gasteiger partial charge in [0.05, 0.1) is 17.3 Å². The Balaban J connectivity index is 0.00000208. The third kappa shape index (κ3) is 3.44. The van der Waals surface area contributed by atoms with Gasteiger partial charge in [0, 0.05) is 12.1 Å². The summed E-state index contributed by atoms with van der Waals surface area (Å²) in [4.78, 5) is 20.0. The van der Waals surface area contributed by atoms with E-state index in [2.05, 4.69) is 25.8 Å². The fourth-order valence-electron chi connectivity index (χ4n) is 2.31. The van der Waals surface area contributed by atoms with Crippen molar-refractivity contribution in [1.29, 1.82) is 0 Å². The maximum Gasteiger partial charge on any atom is 0.224 e.